The van der Waals surface area contributed by atoms with Crippen molar-refractivity contribution >= 4 is 16.3 Å². The number of hydrogen-bond donors (Lipinski definition) is 2. The van der Waals surface area contributed by atoms with E-state index < -0.39 is 28.4 Å². The van der Waals surface area contributed by atoms with E-state index in [0.717, 1.165) is 30.2 Å². The number of amides is 1. The molecule has 2 rings (SSSR count). The van der Waals surface area contributed by atoms with Crippen molar-refractivity contribution in [3.8, 4) is 0 Å². The van der Waals surface area contributed by atoms with Crippen molar-refractivity contribution in [1.29, 1.82) is 0 Å². The normalized spacial score (nSPS) is 27.5. The number of nitrogens with zero attached hydrogens (tertiary/aromatic N) is 2. The first-order valence-electron chi connectivity index (χ1n) is 9.63. The van der Waals surface area contributed by atoms with Crippen LogP contribution in [-0.2, 0) is 19.7 Å². The molecule has 0 spiro atoms. The van der Waals surface area contributed by atoms with Crippen LogP contribution in [0.2, 0.25) is 0 Å². The Labute approximate surface area is 162 Å². The maximum Gasteiger partial charge on any atom is 0.410 e. The molecule has 2 aliphatic rings. The van der Waals surface area contributed by atoms with Crippen LogP contribution in [0.4, 0.5) is 4.79 Å². The van der Waals surface area contributed by atoms with Gasteiger partial charge in [-0.2, -0.15) is 17.4 Å². The summed E-state index contributed by atoms with van der Waals surface area (Å²) in [6, 6.07) is -0.975. The van der Waals surface area contributed by atoms with Gasteiger partial charge >= 0.3 is 6.09 Å². The predicted octanol–water partition coefficient (Wildman–Crippen LogP) is 0.527. The Kier molecular flexibility index (Phi) is 7.87. The average Bonchev–Trinajstić information content (AvgIpc) is 2.87. The molecule has 0 aromatic heterocycles. The van der Waals surface area contributed by atoms with Crippen LogP contribution in [0, 0.1) is 0 Å². The molecule has 0 aromatic carbocycles. The molecule has 0 aromatic rings. The summed E-state index contributed by atoms with van der Waals surface area (Å²) in [5.74, 6) is 0. The summed E-state index contributed by atoms with van der Waals surface area (Å²) in [4.78, 5) is 14.3. The van der Waals surface area contributed by atoms with Gasteiger partial charge in [-0.05, 0) is 53.1 Å². The van der Waals surface area contributed by atoms with E-state index in [4.69, 9.17) is 9.47 Å². The molecule has 0 aliphatic carbocycles. The van der Waals surface area contributed by atoms with Gasteiger partial charge < -0.3 is 14.8 Å². The fraction of sp³-hybridized carbons (Fsp3) is 0.941. The zero-order valence-electron chi connectivity index (χ0n) is 17.0. The van der Waals surface area contributed by atoms with E-state index in [1.165, 1.54) is 14.1 Å². The van der Waals surface area contributed by atoms with E-state index in [1.807, 2.05) is 6.92 Å². The van der Waals surface area contributed by atoms with Gasteiger partial charge in [-0.1, -0.05) is 0 Å². The first kappa shape index (κ1) is 22.4. The van der Waals surface area contributed by atoms with E-state index in [9.17, 15) is 13.2 Å². The molecule has 0 saturated carbocycles. The summed E-state index contributed by atoms with van der Waals surface area (Å²) >= 11 is 0. The van der Waals surface area contributed by atoms with Crippen LogP contribution >= 0.6 is 0 Å². The van der Waals surface area contributed by atoms with Crippen molar-refractivity contribution in [3.63, 3.8) is 0 Å². The van der Waals surface area contributed by atoms with E-state index >= 15 is 0 Å². The van der Waals surface area contributed by atoms with Crippen molar-refractivity contribution in [2.24, 2.45) is 0 Å². The molecule has 9 nitrogen and oxygen atoms in total. The Hall–Kier alpha value is -0.940. The first-order valence-corrected chi connectivity index (χ1v) is 11.1. The first-order chi connectivity index (χ1) is 12.6. The molecule has 1 amide bonds. The quantitative estimate of drug-likeness (QED) is 0.640. The third-order valence-corrected chi connectivity index (χ3v) is 6.57. The number of piperidine rings is 1. The smallest absolute Gasteiger partial charge is 0.410 e. The van der Waals surface area contributed by atoms with Crippen molar-refractivity contribution < 1.29 is 22.7 Å². The number of ether oxygens (including phenoxy) is 2. The predicted molar refractivity (Wildman–Crippen MR) is 103 cm³/mol. The second-order valence-corrected chi connectivity index (χ2v) is 9.70. The monoisotopic (exact) mass is 406 g/mol. The highest BCUT2D eigenvalue weighted by atomic mass is 32.2. The zero-order chi connectivity index (χ0) is 20.2. The van der Waals surface area contributed by atoms with Crippen LogP contribution in [0.15, 0.2) is 0 Å². The number of carbonyl (C=O) groups is 1. The van der Waals surface area contributed by atoms with Crippen molar-refractivity contribution in [2.45, 2.75) is 70.4 Å². The van der Waals surface area contributed by atoms with Gasteiger partial charge in [0.15, 0.2) is 0 Å². The topological polar surface area (TPSA) is 100 Å². The Morgan fingerprint density at radius 2 is 1.93 bits per heavy atom. The van der Waals surface area contributed by atoms with Crippen LogP contribution in [-0.4, -0.2) is 87.8 Å². The van der Waals surface area contributed by atoms with Gasteiger partial charge in [0.1, 0.15) is 0 Å². The highest BCUT2D eigenvalue weighted by molar-refractivity contribution is 7.87. The van der Waals surface area contributed by atoms with E-state index in [1.54, 1.807) is 18.7 Å². The van der Waals surface area contributed by atoms with Crippen LogP contribution in [0.1, 0.15) is 40.0 Å². The van der Waals surface area contributed by atoms with Crippen molar-refractivity contribution in [2.75, 3.05) is 33.8 Å². The Morgan fingerprint density at radius 1 is 1.30 bits per heavy atom. The largest absolute Gasteiger partial charge is 0.447 e. The third-order valence-electron chi connectivity index (χ3n) is 5.01. The van der Waals surface area contributed by atoms with Gasteiger partial charge in [-0.15, -0.1) is 0 Å². The standard InChI is InChI=1S/C17H34N4O5S/c1-12(2)26-17(22)21-13(3)10-15(19-27(23,24)20(4)5)16(21)11-25-14-6-8-18-9-7-14/h12-16,18-19H,6-11H2,1-5H3/t13-,15+,16+/m1/s1. The van der Waals surface area contributed by atoms with Gasteiger partial charge in [-0.25, -0.2) is 4.79 Å². The lowest BCUT2D eigenvalue weighted by Gasteiger charge is -2.32. The molecular weight excluding hydrogens is 372 g/mol. The molecule has 2 fully saturated rings. The minimum Gasteiger partial charge on any atom is -0.447 e. The second-order valence-electron chi connectivity index (χ2n) is 7.79. The van der Waals surface area contributed by atoms with Gasteiger partial charge in [0.25, 0.3) is 10.2 Å². The molecule has 3 atom stereocenters. The molecule has 0 bridgehead atoms. The van der Waals surface area contributed by atoms with Gasteiger partial charge in [-0.3, -0.25) is 4.90 Å². The van der Waals surface area contributed by atoms with Crippen molar-refractivity contribution in [1.82, 2.24) is 19.2 Å². The molecule has 2 aliphatic heterocycles. The molecular formula is C17H34N4O5S. The molecule has 2 saturated heterocycles. The molecule has 2 N–H and O–H groups in total. The molecule has 0 unspecified atom stereocenters. The lowest BCUT2D eigenvalue weighted by Crippen LogP contribution is -2.52. The Morgan fingerprint density at radius 3 is 2.48 bits per heavy atom. The second kappa shape index (κ2) is 9.51. The zero-order valence-corrected chi connectivity index (χ0v) is 17.8. The summed E-state index contributed by atoms with van der Waals surface area (Å²) in [6.07, 6.45) is 1.78. The fourth-order valence-corrected chi connectivity index (χ4v) is 4.40. The summed E-state index contributed by atoms with van der Waals surface area (Å²) < 4.78 is 40.0. The molecule has 10 heteroatoms. The minimum absolute atomic E-state index is 0.122. The van der Waals surface area contributed by atoms with Gasteiger partial charge in [0, 0.05) is 26.2 Å². The lowest BCUT2D eigenvalue weighted by atomic mass is 10.1. The molecule has 27 heavy (non-hydrogen) atoms. The van der Waals surface area contributed by atoms with Crippen LogP contribution < -0.4 is 10.0 Å². The number of rotatable bonds is 7. The summed E-state index contributed by atoms with van der Waals surface area (Å²) in [7, 11) is -0.658. The highest BCUT2D eigenvalue weighted by Gasteiger charge is 2.45. The summed E-state index contributed by atoms with van der Waals surface area (Å²) in [6.45, 7) is 7.59. The number of carbonyl (C=O) groups excluding carboxylic acids is 1. The number of hydrogen-bond acceptors (Lipinski definition) is 6. The van der Waals surface area contributed by atoms with Gasteiger partial charge in [0.05, 0.1) is 24.9 Å². The average molecular weight is 407 g/mol. The van der Waals surface area contributed by atoms with E-state index in [2.05, 4.69) is 10.0 Å². The summed E-state index contributed by atoms with van der Waals surface area (Å²) in [5.41, 5.74) is 0. The Balaban J connectivity index is 2.14. The van der Waals surface area contributed by atoms with E-state index in [0.29, 0.717) is 6.42 Å². The minimum atomic E-state index is -3.61. The van der Waals surface area contributed by atoms with Crippen LogP contribution in [0.25, 0.3) is 0 Å². The third kappa shape index (κ3) is 6.02. The number of nitrogens with one attached hydrogen (secondary N) is 2. The van der Waals surface area contributed by atoms with Crippen molar-refractivity contribution in [3.05, 3.63) is 0 Å². The maximum atomic E-state index is 12.6. The van der Waals surface area contributed by atoms with Crippen LogP contribution in [0.5, 0.6) is 0 Å². The van der Waals surface area contributed by atoms with Crippen LogP contribution in [0.3, 0.4) is 0 Å². The molecule has 158 valence electrons. The van der Waals surface area contributed by atoms with E-state index in [-0.39, 0.29) is 24.9 Å². The molecule has 2 heterocycles. The number of likely N-dealkylation sites (tertiary alicyclic amines) is 1. The Bertz CT molecular complexity index is 592. The SMILES string of the molecule is CC(C)OC(=O)N1[C@H](C)C[C@H](NS(=O)(=O)N(C)C)[C@@H]1COC1CCNCC1. The maximum absolute atomic E-state index is 12.6. The fourth-order valence-electron chi connectivity index (χ4n) is 3.55. The molecule has 0 radical (unpaired) electrons. The highest BCUT2D eigenvalue weighted by Crippen LogP contribution is 2.27. The van der Waals surface area contributed by atoms with Gasteiger partial charge in [0.2, 0.25) is 0 Å². The lowest BCUT2D eigenvalue weighted by molar-refractivity contribution is -0.00852. The summed E-state index contributed by atoms with van der Waals surface area (Å²) in [5, 5.41) is 3.29.